The van der Waals surface area contributed by atoms with Crippen molar-refractivity contribution in [2.45, 2.75) is 25.8 Å². The van der Waals surface area contributed by atoms with Crippen molar-refractivity contribution in [2.24, 2.45) is 0 Å². The molecule has 0 atom stereocenters. The summed E-state index contributed by atoms with van der Waals surface area (Å²) >= 11 is 0. The van der Waals surface area contributed by atoms with E-state index in [4.69, 9.17) is 0 Å². The molecule has 3 rings (SSSR count). The summed E-state index contributed by atoms with van der Waals surface area (Å²) in [5.74, 6) is 0.889. The number of hydrogen-bond donors (Lipinski definition) is 1. The lowest BCUT2D eigenvalue weighted by molar-refractivity contribution is -0.116. The molecule has 1 saturated heterocycles. The molecule has 1 N–H and O–H groups in total. The number of rotatable bonds is 5. The van der Waals surface area contributed by atoms with E-state index in [0.717, 1.165) is 30.2 Å². The van der Waals surface area contributed by atoms with Gasteiger partial charge in [-0.05, 0) is 49.1 Å². The van der Waals surface area contributed by atoms with E-state index in [-0.39, 0.29) is 5.91 Å². The standard InChI is InChI=1S/C19H22N4O/c24-19(10-8-17-6-2-3-11-20-17)22-15-16-7-9-18(21-14-16)23-12-4-1-5-13-23/h2-3,6-11,14H,1,4-5,12-13,15H2,(H,22,24)/b10-8+. The number of pyridine rings is 2. The maximum Gasteiger partial charge on any atom is 0.244 e. The Morgan fingerprint density at radius 3 is 2.71 bits per heavy atom. The highest BCUT2D eigenvalue weighted by Gasteiger charge is 2.11. The number of carbonyl (C=O) groups excluding carboxylic acids is 1. The van der Waals surface area contributed by atoms with Gasteiger partial charge in [0, 0.05) is 38.1 Å². The molecule has 0 saturated carbocycles. The third kappa shape index (κ3) is 4.65. The van der Waals surface area contributed by atoms with Gasteiger partial charge in [0.05, 0.1) is 5.69 Å². The number of hydrogen-bond acceptors (Lipinski definition) is 4. The molecule has 1 aliphatic heterocycles. The fourth-order valence-corrected chi connectivity index (χ4v) is 2.72. The molecule has 5 nitrogen and oxygen atoms in total. The van der Waals surface area contributed by atoms with E-state index < -0.39 is 0 Å². The Kier molecular flexibility index (Phi) is 5.56. The van der Waals surface area contributed by atoms with Crippen LogP contribution in [-0.2, 0) is 11.3 Å². The largest absolute Gasteiger partial charge is 0.357 e. The van der Waals surface area contributed by atoms with Crippen molar-refractivity contribution < 1.29 is 4.79 Å². The molecule has 0 aromatic carbocycles. The van der Waals surface area contributed by atoms with Gasteiger partial charge < -0.3 is 10.2 Å². The lowest BCUT2D eigenvalue weighted by atomic mass is 10.1. The Labute approximate surface area is 142 Å². The van der Waals surface area contributed by atoms with Gasteiger partial charge in [-0.15, -0.1) is 0 Å². The molecular weight excluding hydrogens is 300 g/mol. The number of amides is 1. The van der Waals surface area contributed by atoms with E-state index in [1.165, 1.54) is 25.3 Å². The van der Waals surface area contributed by atoms with Gasteiger partial charge in [-0.1, -0.05) is 12.1 Å². The van der Waals surface area contributed by atoms with Crippen LogP contribution >= 0.6 is 0 Å². The van der Waals surface area contributed by atoms with Crippen molar-refractivity contribution in [1.82, 2.24) is 15.3 Å². The van der Waals surface area contributed by atoms with E-state index in [9.17, 15) is 4.79 Å². The highest BCUT2D eigenvalue weighted by atomic mass is 16.1. The molecule has 5 heteroatoms. The third-order valence-electron chi connectivity index (χ3n) is 4.05. The van der Waals surface area contributed by atoms with Gasteiger partial charge in [0.2, 0.25) is 5.91 Å². The van der Waals surface area contributed by atoms with Gasteiger partial charge in [-0.25, -0.2) is 4.98 Å². The van der Waals surface area contributed by atoms with E-state index in [2.05, 4.69) is 20.2 Å². The Morgan fingerprint density at radius 1 is 1.12 bits per heavy atom. The molecule has 0 radical (unpaired) electrons. The van der Waals surface area contributed by atoms with Crippen molar-refractivity contribution in [3.63, 3.8) is 0 Å². The molecule has 0 unspecified atom stereocenters. The van der Waals surface area contributed by atoms with E-state index in [1.54, 1.807) is 12.3 Å². The van der Waals surface area contributed by atoms with E-state index >= 15 is 0 Å². The molecule has 1 amide bonds. The van der Waals surface area contributed by atoms with E-state index in [0.29, 0.717) is 6.54 Å². The van der Waals surface area contributed by atoms with E-state index in [1.807, 2.05) is 36.5 Å². The van der Waals surface area contributed by atoms with Gasteiger partial charge in [-0.2, -0.15) is 0 Å². The minimum absolute atomic E-state index is 0.138. The number of piperidine rings is 1. The van der Waals surface area contributed by atoms with Gasteiger partial charge in [0.15, 0.2) is 0 Å². The monoisotopic (exact) mass is 322 g/mol. The van der Waals surface area contributed by atoms with Crippen LogP contribution in [0.1, 0.15) is 30.5 Å². The van der Waals surface area contributed by atoms with Gasteiger partial charge in [-0.3, -0.25) is 9.78 Å². The molecule has 2 aromatic rings. The smallest absolute Gasteiger partial charge is 0.244 e. The van der Waals surface area contributed by atoms with Crippen LogP contribution in [0.15, 0.2) is 48.8 Å². The fourth-order valence-electron chi connectivity index (χ4n) is 2.72. The van der Waals surface area contributed by atoms with Gasteiger partial charge in [0.25, 0.3) is 0 Å². The fraction of sp³-hybridized carbons (Fsp3) is 0.316. The van der Waals surface area contributed by atoms with Crippen LogP contribution < -0.4 is 10.2 Å². The maximum absolute atomic E-state index is 11.8. The lowest BCUT2D eigenvalue weighted by Crippen LogP contribution is -2.30. The van der Waals surface area contributed by atoms with Crippen LogP contribution in [0.3, 0.4) is 0 Å². The van der Waals surface area contributed by atoms with Crippen LogP contribution in [0.4, 0.5) is 5.82 Å². The summed E-state index contributed by atoms with van der Waals surface area (Å²) in [6, 6.07) is 9.65. The summed E-state index contributed by atoms with van der Waals surface area (Å²) in [6.45, 7) is 2.64. The minimum Gasteiger partial charge on any atom is -0.357 e. The first-order valence-electron chi connectivity index (χ1n) is 8.38. The minimum atomic E-state index is -0.138. The first-order valence-corrected chi connectivity index (χ1v) is 8.38. The number of nitrogens with zero attached hydrogens (tertiary/aromatic N) is 3. The topological polar surface area (TPSA) is 58.1 Å². The third-order valence-corrected chi connectivity index (χ3v) is 4.05. The Bertz CT molecular complexity index is 676. The average Bonchev–Trinajstić information content (AvgIpc) is 2.67. The van der Waals surface area contributed by atoms with Gasteiger partial charge in [0.1, 0.15) is 5.82 Å². The molecule has 1 fully saturated rings. The zero-order chi connectivity index (χ0) is 16.6. The van der Waals surface area contributed by atoms with Crippen molar-refractivity contribution in [1.29, 1.82) is 0 Å². The number of carbonyl (C=O) groups is 1. The molecule has 0 bridgehead atoms. The molecule has 3 heterocycles. The summed E-state index contributed by atoms with van der Waals surface area (Å²) in [4.78, 5) is 22.8. The molecule has 2 aromatic heterocycles. The van der Waals surface area contributed by atoms with Crippen molar-refractivity contribution in [3.8, 4) is 0 Å². The van der Waals surface area contributed by atoms with Crippen molar-refractivity contribution in [3.05, 3.63) is 60.1 Å². The first kappa shape index (κ1) is 16.2. The molecule has 24 heavy (non-hydrogen) atoms. The normalized spacial score (nSPS) is 14.8. The second-order valence-electron chi connectivity index (χ2n) is 5.88. The second kappa shape index (κ2) is 8.24. The summed E-state index contributed by atoms with van der Waals surface area (Å²) < 4.78 is 0. The van der Waals surface area contributed by atoms with Gasteiger partial charge >= 0.3 is 0 Å². The second-order valence-corrected chi connectivity index (χ2v) is 5.88. The summed E-state index contributed by atoms with van der Waals surface area (Å²) in [6.07, 6.45) is 10.5. The van der Waals surface area contributed by atoms with Crippen LogP contribution in [0.5, 0.6) is 0 Å². The Balaban J connectivity index is 1.49. The molecule has 0 spiro atoms. The summed E-state index contributed by atoms with van der Waals surface area (Å²) in [5.41, 5.74) is 1.76. The van der Waals surface area contributed by atoms with Crippen LogP contribution in [0.25, 0.3) is 6.08 Å². The molecular formula is C19H22N4O. The SMILES string of the molecule is O=C(/C=C/c1ccccn1)NCc1ccc(N2CCCCC2)nc1. The zero-order valence-corrected chi connectivity index (χ0v) is 13.7. The van der Waals surface area contributed by atoms with Crippen molar-refractivity contribution in [2.75, 3.05) is 18.0 Å². The van der Waals surface area contributed by atoms with Crippen LogP contribution in [0.2, 0.25) is 0 Å². The molecule has 0 aliphatic carbocycles. The number of nitrogens with one attached hydrogen (secondary N) is 1. The molecule has 124 valence electrons. The molecule has 1 aliphatic rings. The Hall–Kier alpha value is -2.69. The number of aromatic nitrogens is 2. The summed E-state index contributed by atoms with van der Waals surface area (Å²) in [5, 5.41) is 2.86. The average molecular weight is 322 g/mol. The lowest BCUT2D eigenvalue weighted by Gasteiger charge is -2.27. The highest BCUT2D eigenvalue weighted by molar-refractivity contribution is 5.91. The quantitative estimate of drug-likeness (QED) is 0.860. The zero-order valence-electron chi connectivity index (χ0n) is 13.7. The first-order chi connectivity index (χ1) is 11.8. The highest BCUT2D eigenvalue weighted by Crippen LogP contribution is 2.17. The Morgan fingerprint density at radius 2 is 2.00 bits per heavy atom. The van der Waals surface area contributed by atoms with Crippen molar-refractivity contribution >= 4 is 17.8 Å². The summed E-state index contributed by atoms with van der Waals surface area (Å²) in [7, 11) is 0. The maximum atomic E-state index is 11.8. The van der Waals surface area contributed by atoms with Crippen LogP contribution in [0, 0.1) is 0 Å². The van der Waals surface area contributed by atoms with Crippen LogP contribution in [-0.4, -0.2) is 29.0 Å². The predicted molar refractivity (Wildman–Crippen MR) is 95.4 cm³/mol. The number of anilines is 1. The predicted octanol–water partition coefficient (Wildman–Crippen LogP) is 2.80.